The lowest BCUT2D eigenvalue weighted by Crippen LogP contribution is -2.38. The second-order valence-corrected chi connectivity index (χ2v) is 3.98. The minimum Gasteiger partial charge on any atom is -0.481 e. The monoisotopic (exact) mass is 191 g/mol. The third kappa shape index (κ3) is 1.16. The summed E-state index contributed by atoms with van der Waals surface area (Å²) in [6.07, 6.45) is 0.407. The maximum atomic E-state index is 5.86. The zero-order valence-corrected chi connectivity index (χ0v) is 8.14. The number of para-hydroxylation sites is 2. The van der Waals surface area contributed by atoms with E-state index >= 15 is 0 Å². The molecule has 14 heavy (non-hydrogen) atoms. The second kappa shape index (κ2) is 2.89. The van der Waals surface area contributed by atoms with E-state index in [1.165, 1.54) is 0 Å². The van der Waals surface area contributed by atoms with Gasteiger partial charge in [0.1, 0.15) is 12.2 Å². The zero-order chi connectivity index (χ0) is 9.54. The Kier molecular flexibility index (Phi) is 1.67. The zero-order valence-electron chi connectivity index (χ0n) is 8.14. The smallest absolute Gasteiger partial charge is 0.161 e. The van der Waals surface area contributed by atoms with Crippen LogP contribution >= 0.6 is 0 Å². The normalized spacial score (nSPS) is 30.1. The van der Waals surface area contributed by atoms with Gasteiger partial charge in [0.25, 0.3) is 0 Å². The number of likely N-dealkylation sites (tertiary alicyclic amines) is 1. The van der Waals surface area contributed by atoms with Crippen LogP contribution in [0.4, 0.5) is 0 Å². The van der Waals surface area contributed by atoms with Gasteiger partial charge in [0.2, 0.25) is 0 Å². The highest BCUT2D eigenvalue weighted by Gasteiger charge is 2.38. The van der Waals surface area contributed by atoms with Gasteiger partial charge in [0.15, 0.2) is 11.5 Å². The van der Waals surface area contributed by atoms with Crippen molar-refractivity contribution in [3.8, 4) is 11.5 Å². The first-order valence-electron chi connectivity index (χ1n) is 4.94. The maximum Gasteiger partial charge on any atom is 0.161 e. The molecule has 2 aliphatic rings. The van der Waals surface area contributed by atoms with Gasteiger partial charge in [0.05, 0.1) is 0 Å². The fourth-order valence-corrected chi connectivity index (χ4v) is 2.12. The Labute approximate surface area is 83.2 Å². The molecule has 1 aromatic carbocycles. The van der Waals surface area contributed by atoms with Crippen LogP contribution in [0.15, 0.2) is 24.3 Å². The summed E-state index contributed by atoms with van der Waals surface area (Å²) in [5.41, 5.74) is 0. The molecule has 0 aromatic heterocycles. The molecule has 2 atom stereocenters. The summed E-state index contributed by atoms with van der Waals surface area (Å²) in [4.78, 5) is 2.24. The Bertz CT molecular complexity index is 320. The minimum atomic E-state index is 0.204. The van der Waals surface area contributed by atoms with Crippen molar-refractivity contribution in [1.29, 1.82) is 0 Å². The second-order valence-electron chi connectivity index (χ2n) is 3.98. The van der Waals surface area contributed by atoms with Crippen molar-refractivity contribution in [2.45, 2.75) is 12.2 Å². The van der Waals surface area contributed by atoms with Crippen molar-refractivity contribution in [2.24, 2.45) is 0 Å². The quantitative estimate of drug-likeness (QED) is 0.614. The van der Waals surface area contributed by atoms with E-state index in [1.54, 1.807) is 0 Å². The predicted octanol–water partition coefficient (Wildman–Crippen LogP) is 1.14. The molecule has 1 saturated heterocycles. The van der Waals surface area contributed by atoms with Crippen molar-refractivity contribution in [3.63, 3.8) is 0 Å². The van der Waals surface area contributed by atoms with Crippen LogP contribution in [0.1, 0.15) is 0 Å². The molecule has 3 heteroatoms. The van der Waals surface area contributed by atoms with E-state index in [1.807, 2.05) is 24.3 Å². The van der Waals surface area contributed by atoms with E-state index in [-0.39, 0.29) is 12.2 Å². The number of hydrogen-bond donors (Lipinski definition) is 0. The lowest BCUT2D eigenvalue weighted by atomic mass is 10.2. The summed E-state index contributed by atoms with van der Waals surface area (Å²) in [7, 11) is 2.09. The number of rotatable bonds is 0. The van der Waals surface area contributed by atoms with Crippen LogP contribution in [0.3, 0.4) is 0 Å². The van der Waals surface area contributed by atoms with Gasteiger partial charge in [-0.2, -0.15) is 0 Å². The van der Waals surface area contributed by atoms with Gasteiger partial charge in [-0.25, -0.2) is 0 Å². The molecular formula is C11H13NO2. The molecule has 0 saturated carbocycles. The van der Waals surface area contributed by atoms with Crippen molar-refractivity contribution in [2.75, 3.05) is 20.1 Å². The first-order chi connectivity index (χ1) is 6.83. The average molecular weight is 191 g/mol. The van der Waals surface area contributed by atoms with E-state index in [9.17, 15) is 0 Å². The van der Waals surface area contributed by atoms with Gasteiger partial charge in [-0.05, 0) is 19.2 Å². The van der Waals surface area contributed by atoms with Gasteiger partial charge >= 0.3 is 0 Å². The lowest BCUT2D eigenvalue weighted by Gasteiger charge is -2.28. The summed E-state index contributed by atoms with van der Waals surface area (Å²) >= 11 is 0. The standard InChI is InChI=1S/C11H13NO2/c1-12-6-10-11(7-12)14-9-5-3-2-4-8(9)13-10/h2-5,10-11H,6-7H2,1H3. The van der Waals surface area contributed by atoms with E-state index in [4.69, 9.17) is 9.47 Å². The Morgan fingerprint density at radius 1 is 1.07 bits per heavy atom. The fourth-order valence-electron chi connectivity index (χ4n) is 2.12. The number of fused-ring (bicyclic) bond motifs is 2. The predicted molar refractivity (Wildman–Crippen MR) is 52.8 cm³/mol. The molecule has 0 bridgehead atoms. The third-order valence-corrected chi connectivity index (χ3v) is 2.80. The van der Waals surface area contributed by atoms with E-state index in [0.29, 0.717) is 0 Å². The number of ether oxygens (including phenoxy) is 2. The van der Waals surface area contributed by atoms with Crippen LogP contribution in [-0.4, -0.2) is 37.2 Å². The van der Waals surface area contributed by atoms with Gasteiger partial charge in [-0.1, -0.05) is 12.1 Å². The van der Waals surface area contributed by atoms with Crippen LogP contribution in [0.5, 0.6) is 11.5 Å². The van der Waals surface area contributed by atoms with Gasteiger partial charge < -0.3 is 9.47 Å². The molecular weight excluding hydrogens is 178 g/mol. The number of nitrogens with zero attached hydrogens (tertiary/aromatic N) is 1. The molecule has 0 radical (unpaired) electrons. The van der Waals surface area contributed by atoms with Crippen LogP contribution < -0.4 is 9.47 Å². The highest BCUT2D eigenvalue weighted by Crippen LogP contribution is 2.35. The Hall–Kier alpha value is -1.22. The van der Waals surface area contributed by atoms with Crippen LogP contribution in [0.2, 0.25) is 0 Å². The SMILES string of the molecule is CN1CC2Oc3ccccc3OC2C1. The molecule has 0 amide bonds. The lowest BCUT2D eigenvalue weighted by molar-refractivity contribution is 0.0552. The Morgan fingerprint density at radius 2 is 1.57 bits per heavy atom. The Balaban J connectivity index is 1.91. The Morgan fingerprint density at radius 3 is 2.07 bits per heavy atom. The molecule has 3 rings (SSSR count). The summed E-state index contributed by atoms with van der Waals surface area (Å²) in [5, 5.41) is 0. The summed E-state index contributed by atoms with van der Waals surface area (Å²) in [6.45, 7) is 1.91. The average Bonchev–Trinajstić information content (AvgIpc) is 2.53. The van der Waals surface area contributed by atoms with Crippen molar-refractivity contribution in [3.05, 3.63) is 24.3 Å². The number of likely N-dealkylation sites (N-methyl/N-ethyl adjacent to an activating group) is 1. The van der Waals surface area contributed by atoms with Crippen LogP contribution in [0, 0.1) is 0 Å². The third-order valence-electron chi connectivity index (χ3n) is 2.80. The van der Waals surface area contributed by atoms with Gasteiger partial charge in [0, 0.05) is 13.1 Å². The van der Waals surface area contributed by atoms with Gasteiger partial charge in [-0.3, -0.25) is 4.90 Å². The molecule has 2 unspecified atom stereocenters. The molecule has 0 spiro atoms. The molecule has 2 heterocycles. The van der Waals surface area contributed by atoms with E-state index in [2.05, 4.69) is 11.9 Å². The largest absolute Gasteiger partial charge is 0.481 e. The molecule has 3 nitrogen and oxygen atoms in total. The van der Waals surface area contributed by atoms with E-state index in [0.717, 1.165) is 24.6 Å². The summed E-state index contributed by atoms with van der Waals surface area (Å²) < 4.78 is 11.7. The minimum absolute atomic E-state index is 0.204. The first-order valence-corrected chi connectivity index (χ1v) is 4.94. The van der Waals surface area contributed by atoms with Crippen molar-refractivity contribution < 1.29 is 9.47 Å². The summed E-state index contributed by atoms with van der Waals surface area (Å²) in [5.74, 6) is 1.76. The molecule has 2 aliphatic heterocycles. The topological polar surface area (TPSA) is 21.7 Å². The van der Waals surface area contributed by atoms with Crippen molar-refractivity contribution >= 4 is 0 Å². The molecule has 74 valence electrons. The highest BCUT2D eigenvalue weighted by molar-refractivity contribution is 5.41. The van der Waals surface area contributed by atoms with E-state index < -0.39 is 0 Å². The van der Waals surface area contributed by atoms with Crippen LogP contribution in [-0.2, 0) is 0 Å². The fraction of sp³-hybridized carbons (Fsp3) is 0.455. The molecule has 0 aliphatic carbocycles. The summed E-state index contributed by atoms with van der Waals surface area (Å²) in [6, 6.07) is 7.87. The highest BCUT2D eigenvalue weighted by atomic mass is 16.6. The molecule has 0 N–H and O–H groups in total. The number of hydrogen-bond acceptors (Lipinski definition) is 3. The van der Waals surface area contributed by atoms with Gasteiger partial charge in [-0.15, -0.1) is 0 Å². The van der Waals surface area contributed by atoms with Crippen molar-refractivity contribution in [1.82, 2.24) is 4.90 Å². The first kappa shape index (κ1) is 8.12. The maximum absolute atomic E-state index is 5.86. The number of benzene rings is 1. The molecule has 1 aromatic rings. The van der Waals surface area contributed by atoms with Crippen LogP contribution in [0.25, 0.3) is 0 Å². The molecule has 1 fully saturated rings.